The molecule has 0 unspecified atom stereocenters. The molecule has 0 atom stereocenters. The summed E-state index contributed by atoms with van der Waals surface area (Å²) in [5.41, 5.74) is 28.3. The van der Waals surface area contributed by atoms with Crippen LogP contribution in [0.5, 0.6) is 0 Å². The molecular weight excluding hydrogens is 872 g/mol. The zero-order valence-corrected chi connectivity index (χ0v) is 39.5. The van der Waals surface area contributed by atoms with Crippen molar-refractivity contribution < 1.29 is 0 Å². The van der Waals surface area contributed by atoms with Gasteiger partial charge in [-0.25, -0.2) is 9.97 Å². The molecule has 2 aliphatic rings. The number of hydrogen-bond donors (Lipinski definition) is 2. The monoisotopic (exact) mass is 920 g/mol. The number of nitrogens with zero attached hydrogens (tertiary/aromatic N) is 2. The summed E-state index contributed by atoms with van der Waals surface area (Å²) in [6.45, 7) is 20.0. The lowest BCUT2D eigenvalue weighted by Crippen LogP contribution is -2.16. The summed E-state index contributed by atoms with van der Waals surface area (Å²) in [5.74, 6) is 3.52. The second kappa shape index (κ2) is 15.8. The van der Waals surface area contributed by atoms with E-state index in [1.54, 1.807) is 0 Å². The van der Waals surface area contributed by atoms with Crippen molar-refractivity contribution in [2.75, 3.05) is 0 Å². The van der Waals surface area contributed by atoms with E-state index in [2.05, 4.69) is 227 Å². The number of halogens is 1. The van der Waals surface area contributed by atoms with Crippen molar-refractivity contribution in [3.05, 3.63) is 162 Å². The number of aromatic nitrogens is 4. The number of fused-ring (bicyclic) bond motifs is 8. The third-order valence-corrected chi connectivity index (χ3v) is 13.0. The summed E-state index contributed by atoms with van der Waals surface area (Å²) < 4.78 is 1.16. The summed E-state index contributed by atoms with van der Waals surface area (Å²) in [5, 5.41) is 0. The Morgan fingerprint density at radius 3 is 1.31 bits per heavy atom. The Morgan fingerprint density at radius 1 is 0.459 bits per heavy atom. The van der Waals surface area contributed by atoms with Crippen molar-refractivity contribution in [3.63, 3.8) is 0 Å². The van der Waals surface area contributed by atoms with Crippen LogP contribution in [0.3, 0.4) is 0 Å². The Balaban J connectivity index is 1.49. The van der Waals surface area contributed by atoms with Gasteiger partial charge in [-0.1, -0.05) is 85.2 Å². The van der Waals surface area contributed by atoms with Crippen molar-refractivity contribution in [2.45, 2.75) is 61.2 Å². The molecule has 0 fully saturated rings. The van der Waals surface area contributed by atoms with Crippen molar-refractivity contribution in [1.82, 2.24) is 19.9 Å². The highest BCUT2D eigenvalue weighted by Crippen LogP contribution is 2.41. The van der Waals surface area contributed by atoms with Gasteiger partial charge < -0.3 is 9.97 Å². The van der Waals surface area contributed by atoms with Gasteiger partial charge in [-0.05, 0) is 181 Å². The molecule has 4 aromatic carbocycles. The topological polar surface area (TPSA) is 57.4 Å². The zero-order valence-electron chi connectivity index (χ0n) is 36.3. The Morgan fingerprint density at radius 2 is 0.869 bits per heavy atom. The van der Waals surface area contributed by atoms with Crippen molar-refractivity contribution in [1.29, 1.82) is 0 Å². The van der Waals surface area contributed by atoms with Crippen LogP contribution in [-0.2, 0) is 0 Å². The number of hydrogen-bond acceptors (Lipinski definition) is 2. The second-order valence-corrected chi connectivity index (χ2v) is 23.6. The second-order valence-electron chi connectivity index (χ2n) is 17.6. The molecule has 0 saturated carbocycles. The normalized spacial score (nSPS) is 12.2. The largest absolute Gasteiger partial charge is 0.354 e. The third-order valence-electron chi connectivity index (χ3n) is 11.5. The van der Waals surface area contributed by atoms with E-state index in [-0.39, 0.29) is 0 Å². The average Bonchev–Trinajstić information content (AvgIpc) is 4.03. The molecule has 61 heavy (non-hydrogen) atoms. The Hall–Kier alpha value is -6.01. The van der Waals surface area contributed by atoms with Gasteiger partial charge in [0.1, 0.15) is 8.07 Å². The Labute approximate surface area is 374 Å². The highest BCUT2D eigenvalue weighted by Gasteiger charge is 2.22. The molecule has 0 spiro atoms. The lowest BCUT2D eigenvalue weighted by Gasteiger charge is -2.13. The minimum Gasteiger partial charge on any atom is -0.354 e. The standard InChI is InChI=1S/C55H49IN4Si/c1-32-26-34(3)50(35(4)27-32)54-46-20-16-42(57-46)52(39-13-10-12-38(30-39)24-25-61(7,8)9)43-17-21-47(58-43)55(51-36(5)28-33(2)29-37(51)6)49-23-19-45(60-49)53(44-18-22-48(54)59-44)40-14-11-15-41(56)31-40/h10-23,26-31,57-58H,1-9H3. The molecule has 0 saturated heterocycles. The predicted octanol–water partition coefficient (Wildman–Crippen LogP) is 15.0. The van der Waals surface area contributed by atoms with Gasteiger partial charge in [0, 0.05) is 53.5 Å². The van der Waals surface area contributed by atoms with Crippen LogP contribution < -0.4 is 0 Å². The number of rotatable bonds is 4. The molecule has 0 amide bonds. The van der Waals surface area contributed by atoms with E-state index in [0.29, 0.717) is 0 Å². The van der Waals surface area contributed by atoms with Gasteiger partial charge in [-0.15, -0.1) is 5.54 Å². The first-order valence-electron chi connectivity index (χ1n) is 20.9. The van der Waals surface area contributed by atoms with E-state index in [0.717, 1.165) is 87.4 Å². The molecule has 8 bridgehead atoms. The van der Waals surface area contributed by atoms with Crippen LogP contribution in [0.2, 0.25) is 19.6 Å². The van der Waals surface area contributed by atoms with Crippen LogP contribution in [0.15, 0.2) is 97.1 Å². The average molecular weight is 921 g/mol. The third kappa shape index (κ3) is 7.89. The zero-order chi connectivity index (χ0) is 42.7. The molecule has 3 aromatic heterocycles. The fraction of sp³-hybridized carbons (Fsp3) is 0.164. The molecule has 0 radical (unpaired) electrons. The number of nitrogens with one attached hydrogen (secondary N) is 2. The van der Waals surface area contributed by atoms with Crippen LogP contribution >= 0.6 is 22.6 Å². The van der Waals surface area contributed by atoms with Gasteiger partial charge in [0.15, 0.2) is 0 Å². The first-order chi connectivity index (χ1) is 29.2. The van der Waals surface area contributed by atoms with Gasteiger partial charge in [0.05, 0.1) is 22.8 Å². The summed E-state index contributed by atoms with van der Waals surface area (Å²) in [6.07, 6.45) is 8.69. The van der Waals surface area contributed by atoms with Gasteiger partial charge in [-0.2, -0.15) is 0 Å². The maximum Gasteiger partial charge on any atom is 0.129 e. The van der Waals surface area contributed by atoms with Crippen molar-refractivity contribution >= 4 is 77.0 Å². The SMILES string of the molecule is Cc1cc(C)c(-c2c3nc(c(-c4cccc(I)c4)c4nc(c(-c5c(C)cc(C)cc5C)c5ccc([nH]5)c(-c5cccc(C#C[Si](C)(C)C)c5)c5ccc2[nH]5)C=C4)C=C3)c(C)c1. The van der Waals surface area contributed by atoms with E-state index >= 15 is 0 Å². The lowest BCUT2D eigenvalue weighted by molar-refractivity contribution is 1.26. The predicted molar refractivity (Wildman–Crippen MR) is 272 cm³/mol. The van der Waals surface area contributed by atoms with E-state index < -0.39 is 8.07 Å². The molecule has 4 nitrogen and oxygen atoms in total. The Bertz CT molecular complexity index is 3060. The highest BCUT2D eigenvalue weighted by molar-refractivity contribution is 14.1. The molecular formula is C55H49IN4Si. The number of aryl methyl sites for hydroxylation is 6. The lowest BCUT2D eigenvalue weighted by atomic mass is 9.92. The fourth-order valence-electron chi connectivity index (χ4n) is 9.14. The highest BCUT2D eigenvalue weighted by atomic mass is 127. The molecule has 9 rings (SSSR count). The van der Waals surface area contributed by atoms with E-state index in [9.17, 15) is 0 Å². The maximum absolute atomic E-state index is 5.54. The molecule has 7 aromatic rings. The minimum absolute atomic E-state index is 0.885. The van der Waals surface area contributed by atoms with E-state index in [1.165, 1.54) is 44.5 Å². The summed E-state index contributed by atoms with van der Waals surface area (Å²) >= 11 is 2.40. The molecule has 0 aliphatic carbocycles. The minimum atomic E-state index is -1.60. The number of H-pyrrole nitrogens is 2. The molecule has 6 heteroatoms. The maximum atomic E-state index is 5.54. The van der Waals surface area contributed by atoms with Crippen LogP contribution in [0.4, 0.5) is 0 Å². The fourth-order valence-corrected chi connectivity index (χ4v) is 10.2. The molecule has 5 heterocycles. The molecule has 300 valence electrons. The van der Waals surface area contributed by atoms with Crippen LogP contribution in [0, 0.1) is 56.6 Å². The van der Waals surface area contributed by atoms with Crippen molar-refractivity contribution in [2.24, 2.45) is 0 Å². The first kappa shape index (κ1) is 40.4. The van der Waals surface area contributed by atoms with Gasteiger partial charge in [0.2, 0.25) is 0 Å². The van der Waals surface area contributed by atoms with Crippen LogP contribution in [0.25, 0.3) is 90.9 Å². The summed E-state index contributed by atoms with van der Waals surface area (Å²) in [7, 11) is -1.60. The smallest absolute Gasteiger partial charge is 0.129 e. The van der Waals surface area contributed by atoms with Gasteiger partial charge in [0.25, 0.3) is 0 Å². The van der Waals surface area contributed by atoms with Gasteiger partial charge >= 0.3 is 0 Å². The number of benzene rings is 4. The summed E-state index contributed by atoms with van der Waals surface area (Å²) in [6, 6.07) is 35.3. The molecule has 2 N–H and O–H groups in total. The summed E-state index contributed by atoms with van der Waals surface area (Å²) in [4.78, 5) is 19.0. The van der Waals surface area contributed by atoms with Crippen molar-refractivity contribution in [3.8, 4) is 56.0 Å². The van der Waals surface area contributed by atoms with E-state index in [1.807, 2.05) is 0 Å². The molecule has 2 aliphatic heterocycles. The van der Waals surface area contributed by atoms with E-state index in [4.69, 9.17) is 9.97 Å². The quantitative estimate of drug-likeness (QED) is 0.105. The van der Waals surface area contributed by atoms with Crippen LogP contribution in [0.1, 0.15) is 61.7 Å². The van der Waals surface area contributed by atoms with Crippen LogP contribution in [-0.4, -0.2) is 28.0 Å². The first-order valence-corrected chi connectivity index (χ1v) is 25.5. The Kier molecular flexibility index (Phi) is 10.5. The number of aromatic amines is 2. The van der Waals surface area contributed by atoms with Gasteiger partial charge in [-0.3, -0.25) is 0 Å².